The molecule has 1 aliphatic rings. The molecule has 0 radical (unpaired) electrons. The fourth-order valence-electron chi connectivity index (χ4n) is 1.85. The summed E-state index contributed by atoms with van der Waals surface area (Å²) in [5.74, 6) is 0.581. The van der Waals surface area contributed by atoms with E-state index in [4.69, 9.17) is 4.74 Å². The molecule has 5 heteroatoms. The molecule has 1 aromatic rings. The third-order valence-corrected chi connectivity index (χ3v) is 3.29. The van der Waals surface area contributed by atoms with Crippen LogP contribution in [0.1, 0.15) is 24.3 Å². The zero-order chi connectivity index (χ0) is 9.80. The summed E-state index contributed by atoms with van der Waals surface area (Å²) in [5.41, 5.74) is 0. The predicted octanol–water partition coefficient (Wildman–Crippen LogP) is 1.23. The van der Waals surface area contributed by atoms with E-state index in [-0.39, 0.29) is 0 Å². The van der Waals surface area contributed by atoms with E-state index in [1.165, 1.54) is 16.4 Å². The van der Waals surface area contributed by atoms with E-state index in [1.807, 2.05) is 6.20 Å². The minimum Gasteiger partial charge on any atom is -0.381 e. The predicted molar refractivity (Wildman–Crippen MR) is 55.3 cm³/mol. The molecule has 1 aliphatic heterocycles. The lowest BCUT2D eigenvalue weighted by molar-refractivity contribution is 0.177. The lowest BCUT2D eigenvalue weighted by Gasteiger charge is -2.20. The Bertz CT molecular complexity index is 259. The average molecular weight is 213 g/mol. The van der Waals surface area contributed by atoms with Gasteiger partial charge in [0.2, 0.25) is 0 Å². The van der Waals surface area contributed by atoms with Crippen LogP contribution in [0.25, 0.3) is 0 Å². The van der Waals surface area contributed by atoms with Gasteiger partial charge in [0, 0.05) is 18.6 Å². The highest BCUT2D eigenvalue weighted by atomic mass is 32.1. The molecule has 0 spiro atoms. The summed E-state index contributed by atoms with van der Waals surface area (Å²) in [4.78, 5) is 1.22. The number of hydrogen-bond acceptors (Lipinski definition) is 5. The van der Waals surface area contributed by atoms with Gasteiger partial charge >= 0.3 is 0 Å². The lowest BCUT2D eigenvalue weighted by atomic mass is 9.98. The smallest absolute Gasteiger partial charge is 0.0669 e. The van der Waals surface area contributed by atoms with E-state index in [1.54, 1.807) is 0 Å². The van der Waals surface area contributed by atoms with Gasteiger partial charge in [-0.25, -0.2) is 0 Å². The van der Waals surface area contributed by atoms with Gasteiger partial charge in [-0.2, -0.15) is 0 Å². The van der Waals surface area contributed by atoms with Crippen LogP contribution in [0.4, 0.5) is 0 Å². The third-order valence-electron chi connectivity index (χ3n) is 2.55. The molecule has 1 aromatic heterocycles. The number of nitrogens with one attached hydrogen (secondary N) is 1. The molecule has 0 aliphatic carbocycles. The quantitative estimate of drug-likeness (QED) is 0.817. The van der Waals surface area contributed by atoms with Gasteiger partial charge in [-0.1, -0.05) is 11.4 Å². The SMILES string of the molecule is CCNC(c1cnns1)C1CCOC1. The summed E-state index contributed by atoms with van der Waals surface area (Å²) in [5, 5.41) is 7.36. The van der Waals surface area contributed by atoms with Gasteiger partial charge < -0.3 is 10.1 Å². The second-order valence-corrected chi connectivity index (χ2v) is 4.30. The molecule has 1 fully saturated rings. The highest BCUT2D eigenvalue weighted by Crippen LogP contribution is 2.29. The van der Waals surface area contributed by atoms with Gasteiger partial charge in [-0.15, -0.1) is 5.10 Å². The van der Waals surface area contributed by atoms with Crippen LogP contribution in [0, 0.1) is 5.92 Å². The van der Waals surface area contributed by atoms with E-state index in [0.29, 0.717) is 12.0 Å². The Morgan fingerprint density at radius 2 is 2.71 bits per heavy atom. The molecule has 0 saturated carbocycles. The molecule has 0 amide bonds. The van der Waals surface area contributed by atoms with Crippen molar-refractivity contribution in [3.63, 3.8) is 0 Å². The van der Waals surface area contributed by atoms with Crippen molar-refractivity contribution in [3.8, 4) is 0 Å². The van der Waals surface area contributed by atoms with Crippen LogP contribution in [-0.4, -0.2) is 29.3 Å². The first-order valence-corrected chi connectivity index (χ1v) is 5.77. The molecule has 2 unspecified atom stereocenters. The Morgan fingerprint density at radius 1 is 1.79 bits per heavy atom. The number of aromatic nitrogens is 2. The first-order valence-electron chi connectivity index (χ1n) is 5.00. The average Bonchev–Trinajstić information content (AvgIpc) is 2.87. The molecular weight excluding hydrogens is 198 g/mol. The molecular formula is C9H15N3OS. The Balaban J connectivity index is 2.06. The van der Waals surface area contributed by atoms with Crippen LogP contribution < -0.4 is 5.32 Å². The standard InChI is InChI=1S/C9H15N3OS/c1-2-10-9(7-3-4-13-6-7)8-5-11-12-14-8/h5,7,9-10H,2-4,6H2,1H3. The lowest BCUT2D eigenvalue weighted by Crippen LogP contribution is -2.27. The zero-order valence-corrected chi connectivity index (χ0v) is 9.09. The Hall–Kier alpha value is -0.520. The van der Waals surface area contributed by atoms with Crippen LogP contribution in [0.3, 0.4) is 0 Å². The van der Waals surface area contributed by atoms with Crippen LogP contribution in [0.15, 0.2) is 6.20 Å². The van der Waals surface area contributed by atoms with E-state index < -0.39 is 0 Å². The summed E-state index contributed by atoms with van der Waals surface area (Å²) < 4.78 is 9.31. The van der Waals surface area contributed by atoms with Gasteiger partial charge in [0.15, 0.2) is 0 Å². The van der Waals surface area contributed by atoms with Crippen molar-refractivity contribution in [2.45, 2.75) is 19.4 Å². The van der Waals surface area contributed by atoms with E-state index >= 15 is 0 Å². The zero-order valence-electron chi connectivity index (χ0n) is 8.27. The second kappa shape index (κ2) is 4.82. The van der Waals surface area contributed by atoms with Gasteiger partial charge in [0.25, 0.3) is 0 Å². The molecule has 2 rings (SSSR count). The molecule has 14 heavy (non-hydrogen) atoms. The Kier molecular flexibility index (Phi) is 3.44. The van der Waals surface area contributed by atoms with Gasteiger partial charge in [-0.3, -0.25) is 0 Å². The monoisotopic (exact) mass is 213 g/mol. The molecule has 2 heterocycles. The van der Waals surface area contributed by atoms with Gasteiger partial charge in [-0.05, 0) is 24.5 Å². The van der Waals surface area contributed by atoms with Crippen LogP contribution in [-0.2, 0) is 4.74 Å². The molecule has 0 aromatic carbocycles. The number of ether oxygens (including phenoxy) is 1. The summed E-state index contributed by atoms with van der Waals surface area (Å²) in [6.07, 6.45) is 2.99. The van der Waals surface area contributed by atoms with Crippen molar-refractivity contribution in [3.05, 3.63) is 11.1 Å². The van der Waals surface area contributed by atoms with Crippen LogP contribution >= 0.6 is 11.5 Å². The van der Waals surface area contributed by atoms with Crippen molar-refractivity contribution in [2.75, 3.05) is 19.8 Å². The minimum atomic E-state index is 0.377. The minimum absolute atomic E-state index is 0.377. The first kappa shape index (κ1) is 10.0. The van der Waals surface area contributed by atoms with Gasteiger partial charge in [0.1, 0.15) is 0 Å². The molecule has 1 saturated heterocycles. The highest BCUT2D eigenvalue weighted by molar-refractivity contribution is 7.05. The molecule has 1 N–H and O–H groups in total. The topological polar surface area (TPSA) is 47.0 Å². The molecule has 78 valence electrons. The fraction of sp³-hybridized carbons (Fsp3) is 0.778. The van der Waals surface area contributed by atoms with Gasteiger partial charge in [0.05, 0.1) is 17.7 Å². The van der Waals surface area contributed by atoms with Crippen molar-refractivity contribution in [2.24, 2.45) is 5.92 Å². The maximum atomic E-state index is 5.41. The maximum absolute atomic E-state index is 5.41. The molecule has 0 bridgehead atoms. The summed E-state index contributed by atoms with van der Waals surface area (Å²) in [6, 6.07) is 0.377. The summed E-state index contributed by atoms with van der Waals surface area (Å²) in [6.45, 7) is 4.84. The van der Waals surface area contributed by atoms with Crippen LogP contribution in [0.2, 0.25) is 0 Å². The van der Waals surface area contributed by atoms with Crippen molar-refractivity contribution in [1.82, 2.24) is 14.9 Å². The van der Waals surface area contributed by atoms with Crippen molar-refractivity contribution < 1.29 is 4.74 Å². The Labute approximate surface area is 87.8 Å². The summed E-state index contributed by atoms with van der Waals surface area (Å²) >= 11 is 1.48. The van der Waals surface area contributed by atoms with E-state index in [9.17, 15) is 0 Å². The number of rotatable bonds is 4. The number of hydrogen-bond donors (Lipinski definition) is 1. The van der Waals surface area contributed by atoms with Crippen LogP contribution in [0.5, 0.6) is 0 Å². The number of nitrogens with zero attached hydrogens (tertiary/aromatic N) is 2. The van der Waals surface area contributed by atoms with Crippen molar-refractivity contribution in [1.29, 1.82) is 0 Å². The Morgan fingerprint density at radius 3 is 3.29 bits per heavy atom. The van der Waals surface area contributed by atoms with Crippen molar-refractivity contribution >= 4 is 11.5 Å². The summed E-state index contributed by atoms with van der Waals surface area (Å²) in [7, 11) is 0. The molecule has 2 atom stereocenters. The van der Waals surface area contributed by atoms with E-state index in [0.717, 1.165) is 26.2 Å². The highest BCUT2D eigenvalue weighted by Gasteiger charge is 2.27. The fourth-order valence-corrected chi connectivity index (χ4v) is 2.52. The normalized spacial score (nSPS) is 23.9. The second-order valence-electron chi connectivity index (χ2n) is 3.48. The third kappa shape index (κ3) is 2.10. The first-order chi connectivity index (χ1) is 6.92. The molecule has 4 nitrogen and oxygen atoms in total. The largest absolute Gasteiger partial charge is 0.381 e. The maximum Gasteiger partial charge on any atom is 0.0669 e. The van der Waals surface area contributed by atoms with E-state index in [2.05, 4.69) is 21.8 Å².